The van der Waals surface area contributed by atoms with Gasteiger partial charge in [-0.2, -0.15) is 0 Å². The predicted molar refractivity (Wildman–Crippen MR) is 73.0 cm³/mol. The fourth-order valence-corrected chi connectivity index (χ4v) is 2.88. The minimum atomic E-state index is 0.746. The van der Waals surface area contributed by atoms with Crippen LogP contribution in [0.15, 0.2) is 41.0 Å². The molecule has 0 unspecified atom stereocenters. The Kier molecular flexibility index (Phi) is 2.06. The molecule has 0 atom stereocenters. The number of pyridine rings is 1. The predicted octanol–water partition coefficient (Wildman–Crippen LogP) is 3.58. The van der Waals surface area contributed by atoms with E-state index in [1.807, 2.05) is 12.1 Å². The van der Waals surface area contributed by atoms with Gasteiger partial charge in [0.2, 0.25) is 5.71 Å². The first-order chi connectivity index (χ1) is 8.93. The lowest BCUT2D eigenvalue weighted by Crippen LogP contribution is -2.18. The Labute approximate surface area is 105 Å². The van der Waals surface area contributed by atoms with Crippen LogP contribution in [0, 0.1) is 0 Å². The lowest BCUT2D eigenvalue weighted by molar-refractivity contribution is 0.604. The van der Waals surface area contributed by atoms with E-state index in [1.54, 1.807) is 6.26 Å². The molecule has 1 saturated heterocycles. The molecule has 18 heavy (non-hydrogen) atoms. The van der Waals surface area contributed by atoms with E-state index < -0.39 is 0 Å². The molecule has 3 nitrogen and oxygen atoms in total. The van der Waals surface area contributed by atoms with Crippen molar-refractivity contribution in [3.05, 3.63) is 36.6 Å². The summed E-state index contributed by atoms with van der Waals surface area (Å²) in [5, 5.41) is 2.36. The summed E-state index contributed by atoms with van der Waals surface area (Å²) in [4.78, 5) is 7.04. The van der Waals surface area contributed by atoms with Crippen LogP contribution in [-0.4, -0.2) is 18.1 Å². The van der Waals surface area contributed by atoms with E-state index in [4.69, 9.17) is 4.42 Å². The Morgan fingerprint density at radius 3 is 2.72 bits per heavy atom. The van der Waals surface area contributed by atoms with Gasteiger partial charge >= 0.3 is 0 Å². The number of anilines is 1. The van der Waals surface area contributed by atoms with Gasteiger partial charge in [0.1, 0.15) is 0 Å². The van der Waals surface area contributed by atoms with Crippen molar-refractivity contribution in [1.29, 1.82) is 0 Å². The van der Waals surface area contributed by atoms with Crippen LogP contribution in [0.3, 0.4) is 0 Å². The molecule has 1 aliphatic rings. The highest BCUT2D eigenvalue weighted by Crippen LogP contribution is 2.35. The Morgan fingerprint density at radius 2 is 1.83 bits per heavy atom. The highest BCUT2D eigenvalue weighted by molar-refractivity contribution is 6.06. The van der Waals surface area contributed by atoms with E-state index in [0.717, 1.165) is 29.7 Å². The van der Waals surface area contributed by atoms with Gasteiger partial charge in [-0.3, -0.25) is 0 Å². The van der Waals surface area contributed by atoms with Crippen LogP contribution in [0.25, 0.3) is 22.0 Å². The number of para-hydroxylation sites is 1. The van der Waals surface area contributed by atoms with Gasteiger partial charge < -0.3 is 9.32 Å². The standard InChI is InChI=1S/C15H14N2O/c1-2-6-13-11(5-1)14(17-8-3-4-9-17)12-7-10-18-15(12)16-13/h1-2,5-7,10H,3-4,8-9H2. The van der Waals surface area contributed by atoms with Crippen molar-refractivity contribution < 1.29 is 4.42 Å². The molecule has 1 aliphatic heterocycles. The zero-order chi connectivity index (χ0) is 11.9. The molecule has 0 N–H and O–H groups in total. The number of furan rings is 1. The number of benzene rings is 1. The molecule has 0 spiro atoms. The summed E-state index contributed by atoms with van der Waals surface area (Å²) in [6.45, 7) is 2.27. The summed E-state index contributed by atoms with van der Waals surface area (Å²) in [7, 11) is 0. The normalized spacial score (nSPS) is 15.9. The second-order valence-corrected chi connectivity index (χ2v) is 4.81. The van der Waals surface area contributed by atoms with Crippen LogP contribution in [0.1, 0.15) is 12.8 Å². The third-order valence-corrected chi connectivity index (χ3v) is 3.70. The van der Waals surface area contributed by atoms with Crippen molar-refractivity contribution >= 4 is 27.7 Å². The Morgan fingerprint density at radius 1 is 1.00 bits per heavy atom. The fourth-order valence-electron chi connectivity index (χ4n) is 2.88. The van der Waals surface area contributed by atoms with Gasteiger partial charge in [-0.05, 0) is 25.0 Å². The summed E-state index contributed by atoms with van der Waals surface area (Å²) in [5.41, 5.74) is 3.05. The van der Waals surface area contributed by atoms with Crippen LogP contribution >= 0.6 is 0 Å². The van der Waals surface area contributed by atoms with Gasteiger partial charge in [0.05, 0.1) is 22.9 Å². The minimum absolute atomic E-state index is 0.746. The molecule has 0 radical (unpaired) electrons. The van der Waals surface area contributed by atoms with E-state index >= 15 is 0 Å². The van der Waals surface area contributed by atoms with Gasteiger partial charge in [0, 0.05) is 18.5 Å². The second-order valence-electron chi connectivity index (χ2n) is 4.81. The molecule has 3 heterocycles. The van der Waals surface area contributed by atoms with Crippen molar-refractivity contribution in [2.75, 3.05) is 18.0 Å². The number of hydrogen-bond donors (Lipinski definition) is 0. The van der Waals surface area contributed by atoms with Crippen molar-refractivity contribution in [2.24, 2.45) is 0 Å². The molecule has 3 aromatic rings. The van der Waals surface area contributed by atoms with Crippen LogP contribution in [0.5, 0.6) is 0 Å². The first kappa shape index (κ1) is 9.95. The van der Waals surface area contributed by atoms with Gasteiger partial charge in [-0.25, -0.2) is 4.98 Å². The molecule has 0 bridgehead atoms. The molecule has 0 amide bonds. The molecule has 1 aromatic carbocycles. The van der Waals surface area contributed by atoms with Crippen LogP contribution in [-0.2, 0) is 0 Å². The van der Waals surface area contributed by atoms with Crippen molar-refractivity contribution in [2.45, 2.75) is 12.8 Å². The fraction of sp³-hybridized carbons (Fsp3) is 0.267. The summed E-state index contributed by atoms with van der Waals surface area (Å²) in [6, 6.07) is 10.3. The number of hydrogen-bond acceptors (Lipinski definition) is 3. The van der Waals surface area contributed by atoms with Gasteiger partial charge in [0.15, 0.2) is 0 Å². The summed E-state index contributed by atoms with van der Waals surface area (Å²) in [5.74, 6) is 0. The summed E-state index contributed by atoms with van der Waals surface area (Å²) >= 11 is 0. The Bertz CT molecular complexity index is 711. The monoisotopic (exact) mass is 238 g/mol. The highest BCUT2D eigenvalue weighted by atomic mass is 16.3. The molecule has 90 valence electrons. The molecule has 2 aromatic heterocycles. The van der Waals surface area contributed by atoms with Crippen LogP contribution in [0.2, 0.25) is 0 Å². The Hall–Kier alpha value is -2.03. The second kappa shape index (κ2) is 3.73. The number of nitrogens with zero attached hydrogens (tertiary/aromatic N) is 2. The van der Waals surface area contributed by atoms with Crippen LogP contribution < -0.4 is 4.90 Å². The maximum absolute atomic E-state index is 5.49. The van der Waals surface area contributed by atoms with E-state index in [2.05, 4.69) is 28.1 Å². The number of fused-ring (bicyclic) bond motifs is 2. The van der Waals surface area contributed by atoms with Crippen molar-refractivity contribution in [3.8, 4) is 0 Å². The molecular weight excluding hydrogens is 224 g/mol. The lowest BCUT2D eigenvalue weighted by atomic mass is 10.1. The maximum atomic E-state index is 5.49. The highest BCUT2D eigenvalue weighted by Gasteiger charge is 2.19. The number of aromatic nitrogens is 1. The molecule has 0 aliphatic carbocycles. The Balaban J connectivity index is 2.11. The van der Waals surface area contributed by atoms with E-state index in [0.29, 0.717) is 0 Å². The smallest absolute Gasteiger partial charge is 0.228 e. The first-order valence-corrected chi connectivity index (χ1v) is 6.44. The zero-order valence-electron chi connectivity index (χ0n) is 10.1. The third kappa shape index (κ3) is 1.33. The molecule has 1 fully saturated rings. The molecular formula is C15H14N2O. The third-order valence-electron chi connectivity index (χ3n) is 3.70. The average molecular weight is 238 g/mol. The van der Waals surface area contributed by atoms with Crippen molar-refractivity contribution in [1.82, 2.24) is 4.98 Å². The molecule has 3 heteroatoms. The topological polar surface area (TPSA) is 29.3 Å². The lowest BCUT2D eigenvalue weighted by Gasteiger charge is -2.20. The molecule has 4 rings (SSSR count). The van der Waals surface area contributed by atoms with Crippen LogP contribution in [0.4, 0.5) is 5.69 Å². The van der Waals surface area contributed by atoms with E-state index in [-0.39, 0.29) is 0 Å². The SMILES string of the molecule is c1ccc2c(N3CCCC3)c3ccoc3nc2c1. The number of rotatable bonds is 1. The van der Waals surface area contributed by atoms with Crippen molar-refractivity contribution in [3.63, 3.8) is 0 Å². The first-order valence-electron chi connectivity index (χ1n) is 6.44. The maximum Gasteiger partial charge on any atom is 0.228 e. The quantitative estimate of drug-likeness (QED) is 0.649. The largest absolute Gasteiger partial charge is 0.446 e. The average Bonchev–Trinajstić information content (AvgIpc) is 3.06. The molecule has 0 saturated carbocycles. The van der Waals surface area contributed by atoms with Gasteiger partial charge in [-0.15, -0.1) is 0 Å². The zero-order valence-corrected chi connectivity index (χ0v) is 10.1. The summed E-state index contributed by atoms with van der Waals surface area (Å²) in [6.07, 6.45) is 4.28. The minimum Gasteiger partial charge on any atom is -0.446 e. The van der Waals surface area contributed by atoms with Gasteiger partial charge in [0.25, 0.3) is 0 Å². The van der Waals surface area contributed by atoms with E-state index in [9.17, 15) is 0 Å². The van der Waals surface area contributed by atoms with E-state index in [1.165, 1.54) is 23.9 Å². The summed E-state index contributed by atoms with van der Waals surface area (Å²) < 4.78 is 5.49. The van der Waals surface area contributed by atoms with Gasteiger partial charge in [-0.1, -0.05) is 18.2 Å².